The van der Waals surface area contributed by atoms with Gasteiger partial charge in [-0.3, -0.25) is 4.79 Å². The van der Waals surface area contributed by atoms with Gasteiger partial charge in [0.2, 0.25) is 5.91 Å². The molecular formula is C8H14BrNO. The van der Waals surface area contributed by atoms with Crippen molar-refractivity contribution in [1.29, 1.82) is 0 Å². The van der Waals surface area contributed by atoms with Gasteiger partial charge in [0.25, 0.3) is 0 Å². The molecule has 0 unspecified atom stereocenters. The van der Waals surface area contributed by atoms with Crippen molar-refractivity contribution in [2.24, 2.45) is 0 Å². The molecule has 0 saturated heterocycles. The maximum atomic E-state index is 11.4. The van der Waals surface area contributed by atoms with E-state index in [1.807, 2.05) is 13.8 Å². The lowest BCUT2D eigenvalue weighted by molar-refractivity contribution is -0.123. The van der Waals surface area contributed by atoms with Crippen LogP contribution in [0.2, 0.25) is 0 Å². The van der Waals surface area contributed by atoms with Crippen LogP contribution < -0.4 is 5.32 Å². The molecule has 1 amide bonds. The van der Waals surface area contributed by atoms with E-state index in [1.54, 1.807) is 0 Å². The quantitative estimate of drug-likeness (QED) is 0.706. The third-order valence-electron chi connectivity index (χ3n) is 1.96. The summed E-state index contributed by atoms with van der Waals surface area (Å²) in [6, 6.07) is 0. The molecule has 0 spiro atoms. The van der Waals surface area contributed by atoms with E-state index < -0.39 is 4.32 Å². The van der Waals surface area contributed by atoms with Crippen LogP contribution in [-0.2, 0) is 4.79 Å². The highest BCUT2D eigenvalue weighted by Gasteiger charge is 2.41. The molecule has 0 aromatic carbocycles. The number of alkyl halides is 1. The van der Waals surface area contributed by atoms with E-state index >= 15 is 0 Å². The second kappa shape index (κ2) is 2.47. The Bertz CT molecular complexity index is 179. The molecule has 0 radical (unpaired) electrons. The van der Waals surface area contributed by atoms with Gasteiger partial charge in [-0.15, -0.1) is 0 Å². The number of carbonyl (C=O) groups is 1. The number of hydrogen-bond donors (Lipinski definition) is 1. The number of halogens is 1. The standard InChI is InChI=1S/C8H14BrNO/c1-7(2,9)6(11)10-8(3)4-5-8/h4-5H2,1-3H3,(H,10,11). The predicted molar refractivity (Wildman–Crippen MR) is 48.8 cm³/mol. The highest BCUT2D eigenvalue weighted by Crippen LogP contribution is 2.35. The van der Waals surface area contributed by atoms with Crippen molar-refractivity contribution in [3.63, 3.8) is 0 Å². The molecule has 1 N–H and O–H groups in total. The van der Waals surface area contributed by atoms with Crippen LogP contribution in [0.3, 0.4) is 0 Å². The number of carbonyl (C=O) groups excluding carboxylic acids is 1. The lowest BCUT2D eigenvalue weighted by atomic mass is 10.2. The molecule has 0 bridgehead atoms. The minimum atomic E-state index is -0.432. The normalized spacial score (nSPS) is 21.1. The Labute approximate surface area is 75.9 Å². The number of amides is 1. The molecule has 64 valence electrons. The molecule has 1 saturated carbocycles. The molecule has 1 rings (SSSR count). The average Bonchev–Trinajstić information content (AvgIpc) is 2.45. The fourth-order valence-electron chi connectivity index (χ4n) is 0.735. The first-order valence-electron chi connectivity index (χ1n) is 3.85. The van der Waals surface area contributed by atoms with Gasteiger partial charge in [0.05, 0.1) is 4.32 Å². The first kappa shape index (κ1) is 9.04. The van der Waals surface area contributed by atoms with Crippen LogP contribution in [0.5, 0.6) is 0 Å². The molecule has 0 aromatic rings. The van der Waals surface area contributed by atoms with E-state index in [-0.39, 0.29) is 11.4 Å². The zero-order valence-electron chi connectivity index (χ0n) is 7.20. The molecule has 3 heteroatoms. The first-order chi connectivity index (χ1) is 4.83. The maximum Gasteiger partial charge on any atom is 0.236 e. The van der Waals surface area contributed by atoms with Gasteiger partial charge in [-0.2, -0.15) is 0 Å². The summed E-state index contributed by atoms with van der Waals surface area (Å²) >= 11 is 3.31. The molecule has 1 fully saturated rings. The monoisotopic (exact) mass is 219 g/mol. The zero-order chi connectivity index (χ0) is 8.70. The van der Waals surface area contributed by atoms with Crippen LogP contribution in [0, 0.1) is 0 Å². The topological polar surface area (TPSA) is 29.1 Å². The fourth-order valence-corrected chi connectivity index (χ4v) is 0.834. The molecule has 1 aliphatic carbocycles. The molecular weight excluding hydrogens is 206 g/mol. The van der Waals surface area contributed by atoms with Crippen molar-refractivity contribution >= 4 is 21.8 Å². The number of rotatable bonds is 2. The van der Waals surface area contributed by atoms with Gasteiger partial charge in [-0.25, -0.2) is 0 Å². The van der Waals surface area contributed by atoms with E-state index in [4.69, 9.17) is 0 Å². The summed E-state index contributed by atoms with van der Waals surface area (Å²) in [6.07, 6.45) is 2.23. The molecule has 0 heterocycles. The maximum absolute atomic E-state index is 11.4. The van der Waals surface area contributed by atoms with E-state index in [1.165, 1.54) is 0 Å². The third kappa shape index (κ3) is 2.47. The fraction of sp³-hybridized carbons (Fsp3) is 0.875. The van der Waals surface area contributed by atoms with Crippen molar-refractivity contribution in [3.8, 4) is 0 Å². The SMILES string of the molecule is CC1(NC(=O)C(C)(C)Br)CC1. The number of hydrogen-bond acceptors (Lipinski definition) is 1. The van der Waals surface area contributed by atoms with E-state index in [2.05, 4.69) is 28.2 Å². The largest absolute Gasteiger partial charge is 0.350 e. The summed E-state index contributed by atoms with van der Waals surface area (Å²) in [5.41, 5.74) is 0.0993. The van der Waals surface area contributed by atoms with Gasteiger partial charge < -0.3 is 5.32 Å². The summed E-state index contributed by atoms with van der Waals surface area (Å²) < 4.78 is -0.432. The zero-order valence-corrected chi connectivity index (χ0v) is 8.79. The summed E-state index contributed by atoms with van der Waals surface area (Å²) in [5, 5.41) is 2.98. The minimum absolute atomic E-state index is 0.0810. The second-order valence-corrected chi connectivity index (χ2v) is 5.97. The minimum Gasteiger partial charge on any atom is -0.350 e. The van der Waals surface area contributed by atoms with Crippen LogP contribution in [0.1, 0.15) is 33.6 Å². The van der Waals surface area contributed by atoms with Crippen LogP contribution in [0.4, 0.5) is 0 Å². The van der Waals surface area contributed by atoms with Gasteiger partial charge in [0.15, 0.2) is 0 Å². The van der Waals surface area contributed by atoms with Crippen LogP contribution in [0.15, 0.2) is 0 Å². The third-order valence-corrected chi connectivity index (χ3v) is 2.32. The highest BCUT2D eigenvalue weighted by molar-refractivity contribution is 9.10. The summed E-state index contributed by atoms with van der Waals surface area (Å²) in [5.74, 6) is 0.0810. The van der Waals surface area contributed by atoms with Crippen molar-refractivity contribution in [3.05, 3.63) is 0 Å². The molecule has 1 aliphatic rings. The van der Waals surface area contributed by atoms with Crippen molar-refractivity contribution < 1.29 is 4.79 Å². The molecule has 2 nitrogen and oxygen atoms in total. The van der Waals surface area contributed by atoms with Gasteiger partial charge >= 0.3 is 0 Å². The Kier molecular flexibility index (Phi) is 2.03. The highest BCUT2D eigenvalue weighted by atomic mass is 79.9. The Morgan fingerprint density at radius 3 is 2.27 bits per heavy atom. The lowest BCUT2D eigenvalue weighted by Crippen LogP contribution is -2.43. The van der Waals surface area contributed by atoms with Gasteiger partial charge in [-0.05, 0) is 33.6 Å². The second-order valence-electron chi connectivity index (χ2n) is 3.99. The van der Waals surface area contributed by atoms with Crippen LogP contribution in [0.25, 0.3) is 0 Å². The van der Waals surface area contributed by atoms with Gasteiger partial charge in [0.1, 0.15) is 0 Å². The molecule has 0 aromatic heterocycles. The Morgan fingerprint density at radius 2 is 2.00 bits per heavy atom. The Morgan fingerprint density at radius 1 is 1.55 bits per heavy atom. The van der Waals surface area contributed by atoms with Crippen molar-refractivity contribution in [1.82, 2.24) is 5.32 Å². The molecule has 0 aliphatic heterocycles. The summed E-state index contributed by atoms with van der Waals surface area (Å²) in [4.78, 5) is 11.4. The van der Waals surface area contributed by atoms with Crippen LogP contribution in [-0.4, -0.2) is 15.8 Å². The van der Waals surface area contributed by atoms with Crippen LogP contribution >= 0.6 is 15.9 Å². The molecule has 11 heavy (non-hydrogen) atoms. The van der Waals surface area contributed by atoms with E-state index in [0.29, 0.717) is 0 Å². The number of nitrogens with one attached hydrogen (secondary N) is 1. The van der Waals surface area contributed by atoms with Gasteiger partial charge in [-0.1, -0.05) is 15.9 Å². The smallest absolute Gasteiger partial charge is 0.236 e. The summed E-state index contributed by atoms with van der Waals surface area (Å²) in [6.45, 7) is 5.78. The van der Waals surface area contributed by atoms with Crippen molar-refractivity contribution in [2.45, 2.75) is 43.5 Å². The summed E-state index contributed by atoms with van der Waals surface area (Å²) in [7, 11) is 0. The van der Waals surface area contributed by atoms with E-state index in [0.717, 1.165) is 12.8 Å². The lowest BCUT2D eigenvalue weighted by Gasteiger charge is -2.19. The Hall–Kier alpha value is -0.0500. The van der Waals surface area contributed by atoms with Gasteiger partial charge in [0, 0.05) is 5.54 Å². The van der Waals surface area contributed by atoms with Crippen molar-refractivity contribution in [2.75, 3.05) is 0 Å². The van der Waals surface area contributed by atoms with E-state index in [9.17, 15) is 4.79 Å². The average molecular weight is 220 g/mol. The predicted octanol–water partition coefficient (Wildman–Crippen LogP) is 1.83. The molecule has 0 atom stereocenters. The Balaban J connectivity index is 2.44. The first-order valence-corrected chi connectivity index (χ1v) is 4.64.